The lowest BCUT2D eigenvalue weighted by atomic mass is 10.2. The van der Waals surface area contributed by atoms with E-state index >= 15 is 0 Å². The Morgan fingerprint density at radius 3 is 2.70 bits per heavy atom. The molecule has 124 valence electrons. The molecule has 1 fully saturated rings. The van der Waals surface area contributed by atoms with Crippen LogP contribution in [0.2, 0.25) is 0 Å². The zero-order chi connectivity index (χ0) is 16.7. The van der Waals surface area contributed by atoms with Gasteiger partial charge in [-0.2, -0.15) is 0 Å². The van der Waals surface area contributed by atoms with Crippen molar-refractivity contribution in [3.63, 3.8) is 0 Å². The molecule has 0 aromatic heterocycles. The monoisotopic (exact) mass is 335 g/mol. The van der Waals surface area contributed by atoms with Crippen molar-refractivity contribution in [3.05, 3.63) is 24.3 Å². The Kier molecular flexibility index (Phi) is 6.46. The maximum atomic E-state index is 11.9. The Morgan fingerprint density at radius 2 is 2.09 bits per heavy atom. The molecule has 1 aliphatic heterocycles. The number of carbonyl (C=O) groups is 2. The van der Waals surface area contributed by atoms with Crippen LogP contribution in [0.5, 0.6) is 5.75 Å². The van der Waals surface area contributed by atoms with E-state index in [1.54, 1.807) is 12.1 Å². The zero-order valence-electron chi connectivity index (χ0n) is 13.1. The van der Waals surface area contributed by atoms with E-state index in [0.29, 0.717) is 12.3 Å². The van der Waals surface area contributed by atoms with Crippen LogP contribution in [0.4, 0.5) is 5.69 Å². The standard InChI is InChI=1S/C16H21N3O3S/c1-2-3-4-9-22-12-7-5-11(6-8-12)18-14(20)10-13-15(21)19-16(17)23-13/h5-8,13H,2-4,9-10H2,1H3,(H,18,20)(H2,17,19,21). The van der Waals surface area contributed by atoms with E-state index in [2.05, 4.69) is 17.6 Å². The van der Waals surface area contributed by atoms with Crippen LogP contribution in [-0.2, 0) is 9.59 Å². The minimum atomic E-state index is -0.524. The molecule has 0 saturated carbocycles. The van der Waals surface area contributed by atoms with E-state index in [9.17, 15) is 9.59 Å². The summed E-state index contributed by atoms with van der Waals surface area (Å²) in [6.07, 6.45) is 3.39. The molecule has 1 atom stereocenters. The first-order chi connectivity index (χ1) is 11.1. The van der Waals surface area contributed by atoms with Gasteiger partial charge in [-0.25, -0.2) is 0 Å². The maximum Gasteiger partial charge on any atom is 0.240 e. The number of ether oxygens (including phenoxy) is 1. The summed E-state index contributed by atoms with van der Waals surface area (Å²) in [6.45, 7) is 2.84. The number of amidine groups is 1. The van der Waals surface area contributed by atoms with Crippen molar-refractivity contribution in [2.45, 2.75) is 37.9 Å². The molecular formula is C16H21N3O3S. The molecule has 0 aliphatic carbocycles. The van der Waals surface area contributed by atoms with E-state index in [0.717, 1.165) is 36.8 Å². The van der Waals surface area contributed by atoms with Crippen molar-refractivity contribution in [1.29, 1.82) is 5.41 Å². The van der Waals surface area contributed by atoms with Gasteiger partial charge in [0, 0.05) is 12.1 Å². The summed E-state index contributed by atoms with van der Waals surface area (Å²) >= 11 is 1.07. The summed E-state index contributed by atoms with van der Waals surface area (Å²) in [5, 5.41) is 12.1. The summed E-state index contributed by atoms with van der Waals surface area (Å²) in [5.41, 5.74) is 0.661. The fourth-order valence-corrected chi connectivity index (χ4v) is 2.95. The second kappa shape index (κ2) is 8.57. The number of hydrogen-bond acceptors (Lipinski definition) is 5. The Bertz CT molecular complexity index is 574. The van der Waals surface area contributed by atoms with Crippen LogP contribution in [0.25, 0.3) is 0 Å². The topological polar surface area (TPSA) is 91.3 Å². The van der Waals surface area contributed by atoms with Gasteiger partial charge in [0.1, 0.15) is 11.0 Å². The molecule has 23 heavy (non-hydrogen) atoms. The van der Waals surface area contributed by atoms with Crippen LogP contribution >= 0.6 is 11.8 Å². The molecule has 1 heterocycles. The lowest BCUT2D eigenvalue weighted by Gasteiger charge is -2.09. The SMILES string of the molecule is CCCCCOc1ccc(NC(=O)CC2SC(=N)NC2=O)cc1. The molecule has 1 aromatic rings. The van der Waals surface area contributed by atoms with Gasteiger partial charge in [-0.15, -0.1) is 0 Å². The van der Waals surface area contributed by atoms with E-state index in [1.807, 2.05) is 12.1 Å². The number of nitrogens with one attached hydrogen (secondary N) is 3. The highest BCUT2D eigenvalue weighted by molar-refractivity contribution is 8.15. The molecule has 1 saturated heterocycles. The number of anilines is 1. The number of amides is 2. The van der Waals surface area contributed by atoms with Gasteiger partial charge in [0.25, 0.3) is 0 Å². The smallest absolute Gasteiger partial charge is 0.240 e. The average Bonchev–Trinajstić information content (AvgIpc) is 2.83. The molecule has 3 N–H and O–H groups in total. The highest BCUT2D eigenvalue weighted by Gasteiger charge is 2.31. The van der Waals surface area contributed by atoms with Gasteiger partial charge in [-0.3, -0.25) is 15.0 Å². The van der Waals surface area contributed by atoms with Gasteiger partial charge in [0.15, 0.2) is 5.17 Å². The van der Waals surface area contributed by atoms with Crippen LogP contribution in [0.15, 0.2) is 24.3 Å². The number of carbonyl (C=O) groups excluding carboxylic acids is 2. The van der Waals surface area contributed by atoms with Crippen LogP contribution < -0.4 is 15.4 Å². The van der Waals surface area contributed by atoms with Crippen molar-refractivity contribution in [1.82, 2.24) is 5.32 Å². The maximum absolute atomic E-state index is 11.9. The average molecular weight is 335 g/mol. The summed E-state index contributed by atoms with van der Waals surface area (Å²) in [7, 11) is 0. The number of benzene rings is 1. The molecule has 0 bridgehead atoms. The second-order valence-corrected chi connectivity index (χ2v) is 6.47. The van der Waals surface area contributed by atoms with Crippen molar-refractivity contribution in [2.24, 2.45) is 0 Å². The Balaban J connectivity index is 1.77. The molecule has 7 heteroatoms. The first-order valence-corrected chi connectivity index (χ1v) is 8.55. The molecule has 0 spiro atoms. The lowest BCUT2D eigenvalue weighted by Crippen LogP contribution is -2.27. The van der Waals surface area contributed by atoms with E-state index in [4.69, 9.17) is 10.1 Å². The zero-order valence-corrected chi connectivity index (χ0v) is 13.9. The first-order valence-electron chi connectivity index (χ1n) is 7.67. The number of hydrogen-bond donors (Lipinski definition) is 3. The third-order valence-electron chi connectivity index (χ3n) is 3.31. The van der Waals surface area contributed by atoms with Crippen LogP contribution in [0.3, 0.4) is 0 Å². The second-order valence-electron chi connectivity index (χ2n) is 5.26. The summed E-state index contributed by atoms with van der Waals surface area (Å²) in [4.78, 5) is 23.4. The van der Waals surface area contributed by atoms with Gasteiger partial charge in [-0.1, -0.05) is 31.5 Å². The van der Waals surface area contributed by atoms with Crippen LogP contribution in [0, 0.1) is 5.41 Å². The predicted molar refractivity (Wildman–Crippen MR) is 92.0 cm³/mol. The summed E-state index contributed by atoms with van der Waals surface area (Å²) in [5.74, 6) is 0.244. The molecule has 2 rings (SSSR count). The largest absolute Gasteiger partial charge is 0.494 e. The Labute approximate surface area is 139 Å². The van der Waals surface area contributed by atoms with E-state index in [1.165, 1.54) is 0 Å². The van der Waals surface area contributed by atoms with Crippen molar-refractivity contribution in [2.75, 3.05) is 11.9 Å². The number of thioether (sulfide) groups is 1. The first kappa shape index (κ1) is 17.3. The highest BCUT2D eigenvalue weighted by Crippen LogP contribution is 2.22. The summed E-state index contributed by atoms with van der Waals surface area (Å²) < 4.78 is 5.61. The highest BCUT2D eigenvalue weighted by atomic mass is 32.2. The molecule has 0 radical (unpaired) electrons. The number of rotatable bonds is 8. The fourth-order valence-electron chi connectivity index (χ4n) is 2.11. The fraction of sp³-hybridized carbons (Fsp3) is 0.438. The third-order valence-corrected chi connectivity index (χ3v) is 4.32. The van der Waals surface area contributed by atoms with Gasteiger partial charge >= 0.3 is 0 Å². The molecule has 1 unspecified atom stereocenters. The van der Waals surface area contributed by atoms with Gasteiger partial charge in [0.05, 0.1) is 6.61 Å². The van der Waals surface area contributed by atoms with E-state index in [-0.39, 0.29) is 23.4 Å². The minimum Gasteiger partial charge on any atom is -0.494 e. The van der Waals surface area contributed by atoms with Crippen molar-refractivity contribution in [3.8, 4) is 5.75 Å². The van der Waals surface area contributed by atoms with Gasteiger partial charge in [-0.05, 0) is 30.7 Å². The Hall–Kier alpha value is -2.02. The van der Waals surface area contributed by atoms with Crippen molar-refractivity contribution < 1.29 is 14.3 Å². The summed E-state index contributed by atoms with van der Waals surface area (Å²) in [6, 6.07) is 7.18. The lowest BCUT2D eigenvalue weighted by molar-refractivity contribution is -0.122. The predicted octanol–water partition coefficient (Wildman–Crippen LogP) is 2.75. The van der Waals surface area contributed by atoms with Crippen molar-refractivity contribution >= 4 is 34.4 Å². The molecule has 2 amide bonds. The number of unbranched alkanes of at least 4 members (excludes halogenated alkanes) is 2. The molecule has 6 nitrogen and oxygen atoms in total. The molecule has 1 aromatic carbocycles. The minimum absolute atomic E-state index is 0.0498. The van der Waals surface area contributed by atoms with E-state index < -0.39 is 5.25 Å². The Morgan fingerprint density at radius 1 is 1.35 bits per heavy atom. The van der Waals surface area contributed by atoms with Gasteiger partial charge < -0.3 is 15.4 Å². The van der Waals surface area contributed by atoms with Crippen LogP contribution in [0.1, 0.15) is 32.6 Å². The normalized spacial score (nSPS) is 17.0. The molecular weight excluding hydrogens is 314 g/mol. The van der Waals surface area contributed by atoms with Crippen LogP contribution in [-0.4, -0.2) is 28.8 Å². The quantitative estimate of drug-likeness (QED) is 0.637. The van der Waals surface area contributed by atoms with Gasteiger partial charge in [0.2, 0.25) is 11.8 Å². The molecule has 1 aliphatic rings. The third kappa shape index (κ3) is 5.59.